The highest BCUT2D eigenvalue weighted by Crippen LogP contribution is 2.13. The van der Waals surface area contributed by atoms with E-state index in [1.807, 2.05) is 32.0 Å². The number of rotatable bonds is 4. The van der Waals surface area contributed by atoms with Gasteiger partial charge in [-0.25, -0.2) is 8.42 Å². The van der Waals surface area contributed by atoms with Crippen LogP contribution in [0.3, 0.4) is 0 Å². The van der Waals surface area contributed by atoms with Crippen LogP contribution in [0.1, 0.15) is 22.8 Å². The van der Waals surface area contributed by atoms with Crippen LogP contribution in [-0.4, -0.2) is 20.1 Å². The summed E-state index contributed by atoms with van der Waals surface area (Å²) in [4.78, 5) is 0.198. The molecule has 0 saturated heterocycles. The van der Waals surface area contributed by atoms with Crippen molar-refractivity contribution in [2.24, 2.45) is 0 Å². The van der Waals surface area contributed by atoms with Crippen LogP contribution in [0.4, 0.5) is 0 Å². The summed E-state index contributed by atoms with van der Waals surface area (Å²) >= 11 is 0. The van der Waals surface area contributed by atoms with Crippen LogP contribution < -0.4 is 4.72 Å². The summed E-state index contributed by atoms with van der Waals surface area (Å²) in [5, 5.41) is 9.97. The Morgan fingerprint density at radius 3 is 2.43 bits per heavy atom. The van der Waals surface area contributed by atoms with Gasteiger partial charge in [0.2, 0.25) is 10.0 Å². The molecule has 0 fully saturated rings. The minimum atomic E-state index is -3.58. The first kappa shape index (κ1) is 17.2. The highest BCUT2D eigenvalue weighted by Gasteiger charge is 2.12. The molecule has 0 radical (unpaired) electrons. The van der Waals surface area contributed by atoms with Crippen molar-refractivity contribution >= 4 is 10.0 Å². The van der Waals surface area contributed by atoms with E-state index in [0.29, 0.717) is 5.56 Å². The van der Waals surface area contributed by atoms with Gasteiger partial charge in [-0.3, -0.25) is 0 Å². The molecule has 0 aliphatic rings. The molecule has 1 atom stereocenters. The van der Waals surface area contributed by atoms with Gasteiger partial charge >= 0.3 is 0 Å². The molecule has 0 aliphatic carbocycles. The van der Waals surface area contributed by atoms with Gasteiger partial charge in [0.05, 0.1) is 11.4 Å². The number of aryl methyl sites for hydroxylation is 2. The zero-order chi connectivity index (χ0) is 16.9. The molecule has 5 heteroatoms. The molecule has 0 aliphatic heterocycles. The lowest BCUT2D eigenvalue weighted by Gasteiger charge is -2.05. The van der Waals surface area contributed by atoms with E-state index in [9.17, 15) is 13.5 Å². The van der Waals surface area contributed by atoms with E-state index in [1.54, 1.807) is 30.3 Å². The third-order valence-electron chi connectivity index (χ3n) is 3.28. The standard InChI is InChI=1S/C18H19NO3S/c1-14-8-10-17(11-9-14)23(21,22)19-12-4-7-18(20)16-6-3-5-15(2)13-16/h3,5-6,8-11,13,18-20H,12H2,1-2H3. The molecular formula is C18H19NO3S. The molecule has 0 aromatic heterocycles. The van der Waals surface area contributed by atoms with Crippen molar-refractivity contribution < 1.29 is 13.5 Å². The SMILES string of the molecule is Cc1ccc(S(=O)(=O)NCC#CC(O)c2cccc(C)c2)cc1. The Morgan fingerprint density at radius 1 is 1.09 bits per heavy atom. The highest BCUT2D eigenvalue weighted by molar-refractivity contribution is 7.89. The molecule has 0 amide bonds. The fraction of sp³-hybridized carbons (Fsp3) is 0.222. The molecule has 2 aromatic rings. The lowest BCUT2D eigenvalue weighted by molar-refractivity contribution is 0.238. The third kappa shape index (κ3) is 4.93. The topological polar surface area (TPSA) is 66.4 Å². The van der Waals surface area contributed by atoms with Crippen LogP contribution in [0, 0.1) is 25.7 Å². The summed E-state index contributed by atoms with van der Waals surface area (Å²) in [6.45, 7) is 3.76. The predicted octanol–water partition coefficient (Wildman–Crippen LogP) is 2.32. The lowest BCUT2D eigenvalue weighted by Crippen LogP contribution is -2.24. The minimum absolute atomic E-state index is 0.0565. The Morgan fingerprint density at radius 2 is 1.78 bits per heavy atom. The van der Waals surface area contributed by atoms with E-state index in [0.717, 1.165) is 11.1 Å². The maximum absolute atomic E-state index is 12.1. The predicted molar refractivity (Wildman–Crippen MR) is 90.3 cm³/mol. The summed E-state index contributed by atoms with van der Waals surface area (Å²) in [5.41, 5.74) is 2.72. The molecule has 4 nitrogen and oxygen atoms in total. The molecule has 23 heavy (non-hydrogen) atoms. The molecule has 2 rings (SSSR count). The number of hydrogen-bond donors (Lipinski definition) is 2. The Balaban J connectivity index is 1.98. The largest absolute Gasteiger partial charge is 0.376 e. The zero-order valence-corrected chi connectivity index (χ0v) is 13.9. The van der Waals surface area contributed by atoms with Crippen molar-refractivity contribution in [2.75, 3.05) is 6.54 Å². The first-order chi connectivity index (χ1) is 10.9. The average Bonchev–Trinajstić information content (AvgIpc) is 2.52. The van der Waals surface area contributed by atoms with Gasteiger partial charge in [-0.2, -0.15) is 4.72 Å². The van der Waals surface area contributed by atoms with E-state index in [2.05, 4.69) is 16.6 Å². The van der Waals surface area contributed by atoms with Crippen molar-refractivity contribution in [1.29, 1.82) is 0 Å². The molecular weight excluding hydrogens is 310 g/mol. The number of aliphatic hydroxyl groups excluding tert-OH is 1. The van der Waals surface area contributed by atoms with E-state index in [-0.39, 0.29) is 11.4 Å². The maximum Gasteiger partial charge on any atom is 0.241 e. The van der Waals surface area contributed by atoms with Crippen molar-refractivity contribution in [1.82, 2.24) is 4.72 Å². The third-order valence-corrected chi connectivity index (χ3v) is 4.70. The normalized spacial score (nSPS) is 12.3. The highest BCUT2D eigenvalue weighted by atomic mass is 32.2. The van der Waals surface area contributed by atoms with Gasteiger partial charge in [0.1, 0.15) is 6.10 Å². The van der Waals surface area contributed by atoms with Gasteiger partial charge in [0.15, 0.2) is 0 Å². The molecule has 0 bridgehead atoms. The molecule has 0 heterocycles. The molecule has 1 unspecified atom stereocenters. The van der Waals surface area contributed by atoms with Crippen molar-refractivity contribution in [3.63, 3.8) is 0 Å². The Hall–Kier alpha value is -2.13. The molecule has 120 valence electrons. The van der Waals surface area contributed by atoms with Crippen molar-refractivity contribution in [3.8, 4) is 11.8 Å². The molecule has 0 saturated carbocycles. The second-order valence-electron chi connectivity index (χ2n) is 5.28. The summed E-state index contributed by atoms with van der Waals surface area (Å²) < 4.78 is 26.5. The first-order valence-corrected chi connectivity index (χ1v) is 8.66. The Labute approximate surface area is 137 Å². The smallest absolute Gasteiger partial charge is 0.241 e. The molecule has 2 aromatic carbocycles. The van der Waals surface area contributed by atoms with Crippen LogP contribution in [0.2, 0.25) is 0 Å². The van der Waals surface area contributed by atoms with Crippen LogP contribution in [0.5, 0.6) is 0 Å². The van der Waals surface area contributed by atoms with Crippen LogP contribution in [-0.2, 0) is 10.0 Å². The number of nitrogens with one attached hydrogen (secondary N) is 1. The van der Waals surface area contributed by atoms with Gasteiger partial charge in [-0.05, 0) is 31.5 Å². The number of sulfonamides is 1. The second kappa shape index (κ2) is 7.42. The van der Waals surface area contributed by atoms with E-state index >= 15 is 0 Å². The summed E-state index contributed by atoms with van der Waals surface area (Å²) in [5.74, 6) is 5.29. The van der Waals surface area contributed by atoms with Gasteiger partial charge in [-0.15, -0.1) is 0 Å². The van der Waals surface area contributed by atoms with Crippen molar-refractivity contribution in [3.05, 3.63) is 65.2 Å². The van der Waals surface area contributed by atoms with Crippen LogP contribution >= 0.6 is 0 Å². The number of benzene rings is 2. The fourth-order valence-electron chi connectivity index (χ4n) is 2.00. The van der Waals surface area contributed by atoms with Gasteiger partial charge in [0, 0.05) is 0 Å². The van der Waals surface area contributed by atoms with E-state index < -0.39 is 16.1 Å². The second-order valence-corrected chi connectivity index (χ2v) is 7.04. The summed E-state index contributed by atoms with van der Waals surface area (Å²) in [6, 6.07) is 14.0. The number of aliphatic hydroxyl groups is 1. The van der Waals surface area contributed by atoms with Crippen LogP contribution in [0.25, 0.3) is 0 Å². The maximum atomic E-state index is 12.1. The Kier molecular flexibility index (Phi) is 5.56. The summed E-state index contributed by atoms with van der Waals surface area (Å²) in [7, 11) is -3.58. The van der Waals surface area contributed by atoms with E-state index in [4.69, 9.17) is 0 Å². The van der Waals surface area contributed by atoms with Crippen LogP contribution in [0.15, 0.2) is 53.4 Å². The molecule has 0 spiro atoms. The number of hydrogen-bond acceptors (Lipinski definition) is 3. The quantitative estimate of drug-likeness (QED) is 0.846. The van der Waals surface area contributed by atoms with Gasteiger partial charge < -0.3 is 5.11 Å². The lowest BCUT2D eigenvalue weighted by atomic mass is 10.1. The summed E-state index contributed by atoms with van der Waals surface area (Å²) in [6.07, 6.45) is -0.932. The van der Waals surface area contributed by atoms with Gasteiger partial charge in [-0.1, -0.05) is 59.4 Å². The molecule has 2 N–H and O–H groups in total. The first-order valence-electron chi connectivity index (χ1n) is 7.18. The van der Waals surface area contributed by atoms with Gasteiger partial charge in [0.25, 0.3) is 0 Å². The average molecular weight is 329 g/mol. The zero-order valence-electron chi connectivity index (χ0n) is 13.1. The minimum Gasteiger partial charge on any atom is -0.376 e. The van der Waals surface area contributed by atoms with Crippen molar-refractivity contribution in [2.45, 2.75) is 24.8 Å². The van der Waals surface area contributed by atoms with E-state index in [1.165, 1.54) is 0 Å². The Bertz CT molecular complexity index is 831. The fourth-order valence-corrected chi connectivity index (χ4v) is 2.93. The monoisotopic (exact) mass is 329 g/mol.